The molecule has 2 aliphatic heterocycles. The molecule has 5 heteroatoms. The highest BCUT2D eigenvalue weighted by atomic mass is 16.1. The van der Waals surface area contributed by atoms with Crippen molar-refractivity contribution in [3.8, 4) is 0 Å². The molecule has 2 heterocycles. The molecule has 0 spiro atoms. The molecule has 3 N–H and O–H groups in total. The van der Waals surface area contributed by atoms with Gasteiger partial charge in [0.25, 0.3) is 0 Å². The topological polar surface area (TPSA) is 61.6 Å². The van der Waals surface area contributed by atoms with Crippen molar-refractivity contribution in [1.29, 1.82) is 0 Å². The standard InChI is InChI=1S/C11H22N4O/c12-11(16)10-1-4-15(9-10)8-7-14-5-2-13-3-6-14/h10,13H,1-9H2,(H2,12,16). The summed E-state index contributed by atoms with van der Waals surface area (Å²) in [4.78, 5) is 15.9. The van der Waals surface area contributed by atoms with E-state index in [9.17, 15) is 4.79 Å². The van der Waals surface area contributed by atoms with Crippen LogP contribution in [0.2, 0.25) is 0 Å². The van der Waals surface area contributed by atoms with E-state index in [-0.39, 0.29) is 11.8 Å². The summed E-state index contributed by atoms with van der Waals surface area (Å²) < 4.78 is 0. The molecule has 0 radical (unpaired) electrons. The summed E-state index contributed by atoms with van der Waals surface area (Å²) in [6.07, 6.45) is 0.941. The number of nitrogens with zero attached hydrogens (tertiary/aromatic N) is 2. The van der Waals surface area contributed by atoms with Gasteiger partial charge in [-0.1, -0.05) is 0 Å². The highest BCUT2D eigenvalue weighted by molar-refractivity contribution is 5.77. The number of nitrogens with one attached hydrogen (secondary N) is 1. The Balaban J connectivity index is 1.65. The highest BCUT2D eigenvalue weighted by Gasteiger charge is 2.26. The van der Waals surface area contributed by atoms with Crippen LogP contribution in [-0.2, 0) is 4.79 Å². The maximum atomic E-state index is 11.0. The van der Waals surface area contributed by atoms with Gasteiger partial charge in [-0.25, -0.2) is 0 Å². The predicted octanol–water partition coefficient (Wildman–Crippen LogP) is -1.30. The first-order valence-corrected chi connectivity index (χ1v) is 6.20. The van der Waals surface area contributed by atoms with Gasteiger partial charge in [0.15, 0.2) is 0 Å². The van der Waals surface area contributed by atoms with Crippen LogP contribution in [0.4, 0.5) is 0 Å². The quantitative estimate of drug-likeness (QED) is 0.625. The molecule has 0 saturated carbocycles. The molecular formula is C11H22N4O. The zero-order chi connectivity index (χ0) is 11.4. The van der Waals surface area contributed by atoms with E-state index in [1.807, 2.05) is 0 Å². The van der Waals surface area contributed by atoms with Gasteiger partial charge in [-0.15, -0.1) is 0 Å². The largest absolute Gasteiger partial charge is 0.369 e. The number of primary amides is 1. The van der Waals surface area contributed by atoms with E-state index in [4.69, 9.17) is 5.73 Å². The third kappa shape index (κ3) is 3.17. The third-order valence-corrected chi connectivity index (χ3v) is 3.62. The van der Waals surface area contributed by atoms with Crippen molar-refractivity contribution < 1.29 is 4.79 Å². The lowest BCUT2D eigenvalue weighted by Gasteiger charge is -2.28. The number of likely N-dealkylation sites (tertiary alicyclic amines) is 1. The predicted molar refractivity (Wildman–Crippen MR) is 63.1 cm³/mol. The average molecular weight is 226 g/mol. The molecule has 5 nitrogen and oxygen atoms in total. The van der Waals surface area contributed by atoms with Gasteiger partial charge in [-0.05, 0) is 13.0 Å². The second-order valence-corrected chi connectivity index (χ2v) is 4.78. The Morgan fingerprint density at radius 2 is 1.88 bits per heavy atom. The van der Waals surface area contributed by atoms with E-state index in [0.717, 1.165) is 58.8 Å². The second kappa shape index (κ2) is 5.61. The van der Waals surface area contributed by atoms with E-state index in [1.54, 1.807) is 0 Å². The molecule has 0 aliphatic carbocycles. The van der Waals surface area contributed by atoms with Gasteiger partial charge in [0.1, 0.15) is 0 Å². The number of hydrogen-bond donors (Lipinski definition) is 2. The first-order chi connectivity index (χ1) is 7.75. The zero-order valence-corrected chi connectivity index (χ0v) is 9.82. The first kappa shape index (κ1) is 11.8. The molecule has 2 fully saturated rings. The summed E-state index contributed by atoms with van der Waals surface area (Å²) in [5, 5.41) is 3.35. The van der Waals surface area contributed by atoms with E-state index in [2.05, 4.69) is 15.1 Å². The Morgan fingerprint density at radius 1 is 1.19 bits per heavy atom. The third-order valence-electron chi connectivity index (χ3n) is 3.62. The second-order valence-electron chi connectivity index (χ2n) is 4.78. The lowest BCUT2D eigenvalue weighted by molar-refractivity contribution is -0.121. The van der Waals surface area contributed by atoms with Crippen LogP contribution in [0.3, 0.4) is 0 Å². The smallest absolute Gasteiger partial charge is 0.221 e. The normalized spacial score (nSPS) is 28.4. The summed E-state index contributed by atoms with van der Waals surface area (Å²) in [5.41, 5.74) is 5.31. The molecule has 2 saturated heterocycles. The number of nitrogens with two attached hydrogens (primary N) is 1. The zero-order valence-electron chi connectivity index (χ0n) is 9.82. The van der Waals surface area contributed by atoms with Crippen molar-refractivity contribution in [2.75, 3.05) is 52.4 Å². The van der Waals surface area contributed by atoms with Crippen LogP contribution in [0.5, 0.6) is 0 Å². The molecule has 0 aromatic rings. The van der Waals surface area contributed by atoms with Crippen LogP contribution >= 0.6 is 0 Å². The van der Waals surface area contributed by atoms with E-state index < -0.39 is 0 Å². The first-order valence-electron chi connectivity index (χ1n) is 6.20. The summed E-state index contributed by atoms with van der Waals surface area (Å²) in [6, 6.07) is 0. The summed E-state index contributed by atoms with van der Waals surface area (Å²) in [6.45, 7) is 8.58. The molecule has 0 bridgehead atoms. The number of rotatable bonds is 4. The minimum absolute atomic E-state index is 0.0861. The van der Waals surface area contributed by atoms with E-state index >= 15 is 0 Å². The van der Waals surface area contributed by atoms with Crippen LogP contribution in [0, 0.1) is 5.92 Å². The van der Waals surface area contributed by atoms with Crippen molar-refractivity contribution in [1.82, 2.24) is 15.1 Å². The molecule has 1 unspecified atom stereocenters. The molecule has 2 aliphatic rings. The lowest BCUT2D eigenvalue weighted by Crippen LogP contribution is -2.46. The van der Waals surface area contributed by atoms with Crippen molar-refractivity contribution in [3.63, 3.8) is 0 Å². The lowest BCUT2D eigenvalue weighted by atomic mass is 10.1. The van der Waals surface area contributed by atoms with Crippen molar-refractivity contribution in [2.24, 2.45) is 11.7 Å². The molecule has 2 rings (SSSR count). The summed E-state index contributed by atoms with van der Waals surface area (Å²) in [7, 11) is 0. The van der Waals surface area contributed by atoms with E-state index in [1.165, 1.54) is 0 Å². The molecule has 1 amide bonds. The molecule has 1 atom stereocenters. The maximum Gasteiger partial charge on any atom is 0.221 e. The van der Waals surface area contributed by atoms with Gasteiger partial charge in [0.05, 0.1) is 5.92 Å². The molecule has 16 heavy (non-hydrogen) atoms. The van der Waals surface area contributed by atoms with Gasteiger partial charge in [-0.2, -0.15) is 0 Å². The van der Waals surface area contributed by atoms with Gasteiger partial charge < -0.3 is 16.0 Å². The Morgan fingerprint density at radius 3 is 2.50 bits per heavy atom. The Kier molecular flexibility index (Phi) is 4.15. The minimum Gasteiger partial charge on any atom is -0.369 e. The van der Waals surface area contributed by atoms with Crippen LogP contribution < -0.4 is 11.1 Å². The number of amides is 1. The Hall–Kier alpha value is -0.650. The fourth-order valence-corrected chi connectivity index (χ4v) is 2.49. The van der Waals surface area contributed by atoms with E-state index in [0.29, 0.717) is 0 Å². The monoisotopic (exact) mass is 226 g/mol. The SMILES string of the molecule is NC(=O)C1CCN(CCN2CCNCC2)C1. The van der Waals surface area contributed by atoms with Gasteiger partial charge in [0, 0.05) is 45.8 Å². The number of carbonyl (C=O) groups is 1. The summed E-state index contributed by atoms with van der Waals surface area (Å²) in [5.74, 6) is -0.0484. The average Bonchev–Trinajstić information content (AvgIpc) is 2.76. The van der Waals surface area contributed by atoms with Crippen molar-refractivity contribution in [3.05, 3.63) is 0 Å². The van der Waals surface area contributed by atoms with Crippen LogP contribution in [-0.4, -0.2) is 68.1 Å². The molecule has 92 valence electrons. The molecule has 0 aromatic heterocycles. The fourth-order valence-electron chi connectivity index (χ4n) is 2.49. The minimum atomic E-state index is -0.135. The van der Waals surface area contributed by atoms with Crippen LogP contribution in [0.1, 0.15) is 6.42 Å². The Labute approximate surface area is 96.9 Å². The summed E-state index contributed by atoms with van der Waals surface area (Å²) >= 11 is 0. The maximum absolute atomic E-state index is 11.0. The van der Waals surface area contributed by atoms with Gasteiger partial charge in [-0.3, -0.25) is 9.69 Å². The van der Waals surface area contributed by atoms with Crippen LogP contribution in [0.25, 0.3) is 0 Å². The van der Waals surface area contributed by atoms with Gasteiger partial charge >= 0.3 is 0 Å². The molecule has 0 aromatic carbocycles. The number of carbonyl (C=O) groups excluding carboxylic acids is 1. The molecular weight excluding hydrogens is 204 g/mol. The highest BCUT2D eigenvalue weighted by Crippen LogP contribution is 2.15. The van der Waals surface area contributed by atoms with Gasteiger partial charge in [0.2, 0.25) is 5.91 Å². The van der Waals surface area contributed by atoms with Crippen molar-refractivity contribution >= 4 is 5.91 Å². The number of piperazine rings is 1. The van der Waals surface area contributed by atoms with Crippen LogP contribution in [0.15, 0.2) is 0 Å². The van der Waals surface area contributed by atoms with Crippen molar-refractivity contribution in [2.45, 2.75) is 6.42 Å². The fraction of sp³-hybridized carbons (Fsp3) is 0.909. The number of hydrogen-bond acceptors (Lipinski definition) is 4. The Bertz CT molecular complexity index is 240.